The number of phenolic OH excluding ortho intramolecular Hbond substituents is 1. The van der Waals surface area contributed by atoms with Gasteiger partial charge in [0.2, 0.25) is 0 Å². The Morgan fingerprint density at radius 2 is 1.81 bits per heavy atom. The van der Waals surface area contributed by atoms with Crippen LogP contribution in [0.2, 0.25) is 0 Å². The van der Waals surface area contributed by atoms with Gasteiger partial charge in [0.25, 0.3) is 0 Å². The van der Waals surface area contributed by atoms with Gasteiger partial charge in [-0.15, -0.1) is 0 Å². The molecule has 0 bridgehead atoms. The van der Waals surface area contributed by atoms with Gasteiger partial charge >= 0.3 is 0 Å². The molecule has 3 N–H and O–H groups in total. The van der Waals surface area contributed by atoms with Crippen molar-refractivity contribution < 1.29 is 14.4 Å². The number of nitrogens with one attached hydrogen (secondary N) is 1. The highest BCUT2D eigenvalue weighted by Gasteiger charge is 2.19. The van der Waals surface area contributed by atoms with E-state index in [1.807, 2.05) is 18.2 Å². The molecule has 0 heterocycles. The smallest absolute Gasteiger partial charge is 0.131 e. The molecule has 0 aliphatic carbocycles. The van der Waals surface area contributed by atoms with E-state index in [0.717, 1.165) is 5.69 Å². The summed E-state index contributed by atoms with van der Waals surface area (Å²) in [5, 5.41) is 23.6. The van der Waals surface area contributed by atoms with Crippen molar-refractivity contribution in [3.8, 4) is 5.75 Å². The number of nitrogens with zero attached hydrogens (tertiary/aromatic N) is 1. The van der Waals surface area contributed by atoms with Crippen LogP contribution in [0.1, 0.15) is 25.5 Å². The summed E-state index contributed by atoms with van der Waals surface area (Å²) in [6, 6.07) is 15.3. The molecule has 0 aromatic heterocycles. The summed E-state index contributed by atoms with van der Waals surface area (Å²) < 4.78 is 11.7. The van der Waals surface area contributed by atoms with Crippen LogP contribution in [0.4, 0.5) is 5.69 Å². The van der Waals surface area contributed by atoms with Crippen molar-refractivity contribution in [1.82, 2.24) is 5.32 Å². The Labute approximate surface area is 158 Å². The average molecular weight is 377 g/mol. The molecular formula is C20H28N2O3S. The SMILES string of the molecule is CC(NCC(O)c1ccc(O)c(S(C)=O)c1)C(C)N(C)c1ccccc1. The standard InChI is InChI=1S/C20H28N2O3S/c1-14(15(2)22(3)17-8-6-5-7-9-17)21-13-19(24)16-10-11-18(23)20(12-16)26(4)25/h5-12,14-15,19,21,23-24H,13H2,1-4H3. The quantitative estimate of drug-likeness (QED) is 0.661. The summed E-state index contributed by atoms with van der Waals surface area (Å²) in [5.74, 6) is -0.0128. The van der Waals surface area contributed by atoms with Gasteiger partial charge in [0.05, 0.1) is 21.8 Å². The summed E-state index contributed by atoms with van der Waals surface area (Å²) in [6.07, 6.45) is 0.765. The van der Waals surface area contributed by atoms with E-state index in [4.69, 9.17) is 0 Å². The Morgan fingerprint density at radius 1 is 1.15 bits per heavy atom. The highest BCUT2D eigenvalue weighted by atomic mass is 32.2. The minimum absolute atomic E-state index is 0.0128. The fourth-order valence-corrected chi connectivity index (χ4v) is 3.45. The van der Waals surface area contributed by atoms with Gasteiger partial charge in [-0.2, -0.15) is 0 Å². The lowest BCUT2D eigenvalue weighted by atomic mass is 10.1. The number of anilines is 1. The molecule has 0 aliphatic heterocycles. The van der Waals surface area contributed by atoms with E-state index in [2.05, 4.69) is 43.2 Å². The van der Waals surface area contributed by atoms with E-state index in [-0.39, 0.29) is 17.8 Å². The van der Waals surface area contributed by atoms with Crippen molar-refractivity contribution in [3.63, 3.8) is 0 Å². The van der Waals surface area contributed by atoms with Gasteiger partial charge in [0.15, 0.2) is 0 Å². The van der Waals surface area contributed by atoms with Crippen LogP contribution < -0.4 is 10.2 Å². The summed E-state index contributed by atoms with van der Waals surface area (Å²) in [5.41, 5.74) is 1.78. The van der Waals surface area contributed by atoms with Crippen molar-refractivity contribution in [1.29, 1.82) is 0 Å². The van der Waals surface area contributed by atoms with Crippen LogP contribution in [0.25, 0.3) is 0 Å². The summed E-state index contributed by atoms with van der Waals surface area (Å²) in [7, 11) is 0.750. The number of aromatic hydroxyl groups is 1. The van der Waals surface area contributed by atoms with Crippen LogP contribution in [-0.4, -0.2) is 46.4 Å². The molecule has 26 heavy (non-hydrogen) atoms. The van der Waals surface area contributed by atoms with Crippen LogP contribution in [-0.2, 0) is 10.8 Å². The highest BCUT2D eigenvalue weighted by molar-refractivity contribution is 7.84. The molecule has 0 radical (unpaired) electrons. The van der Waals surface area contributed by atoms with Gasteiger partial charge in [-0.25, -0.2) is 0 Å². The zero-order chi connectivity index (χ0) is 19.3. The Bertz CT molecular complexity index is 739. The minimum Gasteiger partial charge on any atom is -0.507 e. The van der Waals surface area contributed by atoms with Crippen molar-refractivity contribution in [2.75, 3.05) is 24.7 Å². The molecule has 0 spiro atoms. The van der Waals surface area contributed by atoms with E-state index in [0.29, 0.717) is 17.0 Å². The van der Waals surface area contributed by atoms with E-state index in [1.54, 1.807) is 12.1 Å². The molecule has 0 fully saturated rings. The number of rotatable bonds is 8. The topological polar surface area (TPSA) is 72.8 Å². The van der Waals surface area contributed by atoms with E-state index >= 15 is 0 Å². The van der Waals surface area contributed by atoms with Crippen LogP contribution in [0.5, 0.6) is 5.75 Å². The number of para-hydroxylation sites is 1. The maximum Gasteiger partial charge on any atom is 0.131 e. The normalized spacial score (nSPS) is 15.9. The number of likely N-dealkylation sites (N-methyl/N-ethyl adjacent to an activating group) is 1. The Balaban J connectivity index is 1.97. The maximum atomic E-state index is 11.7. The predicted molar refractivity (Wildman–Crippen MR) is 107 cm³/mol. The number of aliphatic hydroxyl groups is 1. The molecule has 0 amide bonds. The van der Waals surface area contributed by atoms with E-state index in [9.17, 15) is 14.4 Å². The second kappa shape index (κ2) is 9.16. The maximum absolute atomic E-state index is 11.7. The van der Waals surface area contributed by atoms with Gasteiger partial charge in [0.1, 0.15) is 5.75 Å². The summed E-state index contributed by atoms with van der Waals surface area (Å²) >= 11 is 0. The molecule has 4 unspecified atom stereocenters. The molecule has 5 nitrogen and oxygen atoms in total. The van der Waals surface area contributed by atoms with E-state index in [1.165, 1.54) is 12.3 Å². The first-order valence-electron chi connectivity index (χ1n) is 8.67. The van der Waals surface area contributed by atoms with Crippen molar-refractivity contribution >= 4 is 16.5 Å². The Hall–Kier alpha value is -1.89. The summed E-state index contributed by atoms with van der Waals surface area (Å²) in [4.78, 5) is 2.54. The Kier molecular flexibility index (Phi) is 7.20. The fourth-order valence-electron chi connectivity index (χ4n) is 2.79. The summed E-state index contributed by atoms with van der Waals surface area (Å²) in [6.45, 7) is 4.59. The van der Waals surface area contributed by atoms with Crippen molar-refractivity contribution in [2.45, 2.75) is 36.9 Å². The molecule has 0 saturated carbocycles. The molecule has 2 aromatic carbocycles. The second-order valence-corrected chi connectivity index (χ2v) is 7.93. The molecule has 2 aromatic rings. The third-order valence-electron chi connectivity index (χ3n) is 4.81. The van der Waals surface area contributed by atoms with Gasteiger partial charge in [0, 0.05) is 37.6 Å². The molecule has 142 valence electrons. The van der Waals surface area contributed by atoms with Crippen LogP contribution in [0.3, 0.4) is 0 Å². The number of hydrogen-bond donors (Lipinski definition) is 3. The molecule has 0 aliphatic rings. The molecule has 2 rings (SSSR count). The predicted octanol–water partition coefficient (Wildman–Crippen LogP) is 2.67. The number of phenols is 1. The number of hydrogen-bond acceptors (Lipinski definition) is 5. The second-order valence-electron chi connectivity index (χ2n) is 6.58. The van der Waals surface area contributed by atoms with Crippen molar-refractivity contribution in [2.24, 2.45) is 0 Å². The van der Waals surface area contributed by atoms with Gasteiger partial charge < -0.3 is 20.4 Å². The first kappa shape index (κ1) is 20.4. The van der Waals surface area contributed by atoms with E-state index < -0.39 is 16.9 Å². The number of benzene rings is 2. The lowest BCUT2D eigenvalue weighted by Crippen LogP contribution is -2.46. The van der Waals surface area contributed by atoms with Gasteiger partial charge in [-0.3, -0.25) is 4.21 Å². The zero-order valence-electron chi connectivity index (χ0n) is 15.7. The zero-order valence-corrected chi connectivity index (χ0v) is 16.5. The number of aliphatic hydroxyl groups excluding tert-OH is 1. The van der Waals surface area contributed by atoms with Crippen LogP contribution in [0.15, 0.2) is 53.4 Å². The monoisotopic (exact) mass is 376 g/mol. The third-order valence-corrected chi connectivity index (χ3v) is 5.76. The third kappa shape index (κ3) is 5.06. The minimum atomic E-state index is -1.30. The first-order valence-corrected chi connectivity index (χ1v) is 10.2. The average Bonchev–Trinajstić information content (AvgIpc) is 2.65. The van der Waals surface area contributed by atoms with Gasteiger partial charge in [-0.1, -0.05) is 24.3 Å². The molecule has 0 saturated heterocycles. The fraction of sp³-hybridized carbons (Fsp3) is 0.400. The Morgan fingerprint density at radius 3 is 2.42 bits per heavy atom. The molecule has 6 heteroatoms. The molecule has 4 atom stereocenters. The van der Waals surface area contributed by atoms with Crippen LogP contribution in [0, 0.1) is 0 Å². The van der Waals surface area contributed by atoms with Crippen molar-refractivity contribution in [3.05, 3.63) is 54.1 Å². The lowest BCUT2D eigenvalue weighted by Gasteiger charge is -2.32. The largest absolute Gasteiger partial charge is 0.507 e. The van der Waals surface area contributed by atoms with Gasteiger partial charge in [-0.05, 0) is 43.7 Å². The first-order chi connectivity index (χ1) is 12.3. The van der Waals surface area contributed by atoms with Crippen LogP contribution >= 0.6 is 0 Å². The molecular weight excluding hydrogens is 348 g/mol. The lowest BCUT2D eigenvalue weighted by molar-refractivity contribution is 0.168. The highest BCUT2D eigenvalue weighted by Crippen LogP contribution is 2.25.